The lowest BCUT2D eigenvalue weighted by molar-refractivity contribution is -0.137. The molecule has 0 unspecified atom stereocenters. The molecular formula is C24H25F3N2O4S2. The van der Waals surface area contributed by atoms with E-state index < -0.39 is 34.2 Å². The van der Waals surface area contributed by atoms with Gasteiger partial charge in [0.15, 0.2) is 0 Å². The molecule has 1 heterocycles. The summed E-state index contributed by atoms with van der Waals surface area (Å²) >= 11 is 1.62. The summed E-state index contributed by atoms with van der Waals surface area (Å²) < 4.78 is 72.4. The van der Waals surface area contributed by atoms with Gasteiger partial charge in [0.05, 0.1) is 28.2 Å². The van der Waals surface area contributed by atoms with E-state index in [-0.39, 0.29) is 10.6 Å². The van der Waals surface area contributed by atoms with E-state index >= 15 is 0 Å². The zero-order chi connectivity index (χ0) is 25.5. The normalized spacial score (nSPS) is 11.9. The Kier molecular flexibility index (Phi) is 8.90. The molecule has 0 saturated heterocycles. The number of nitrogens with one attached hydrogen (secondary N) is 1. The fraction of sp³-hybridized carbons (Fsp3) is 0.292. The van der Waals surface area contributed by atoms with Crippen LogP contribution in [0.3, 0.4) is 0 Å². The number of thioether (sulfide) groups is 1. The quantitative estimate of drug-likeness (QED) is 0.346. The molecule has 35 heavy (non-hydrogen) atoms. The number of furan rings is 1. The van der Waals surface area contributed by atoms with Gasteiger partial charge >= 0.3 is 6.18 Å². The third-order valence-corrected chi connectivity index (χ3v) is 7.82. The number of rotatable bonds is 11. The van der Waals surface area contributed by atoms with Crippen molar-refractivity contribution in [2.24, 2.45) is 0 Å². The highest BCUT2D eigenvalue weighted by Crippen LogP contribution is 2.33. The van der Waals surface area contributed by atoms with Crippen molar-refractivity contribution in [1.82, 2.24) is 5.32 Å². The number of aryl methyl sites for hydroxylation is 1. The van der Waals surface area contributed by atoms with Crippen LogP contribution in [0.25, 0.3) is 0 Å². The van der Waals surface area contributed by atoms with Crippen molar-refractivity contribution >= 4 is 33.4 Å². The van der Waals surface area contributed by atoms with E-state index in [1.54, 1.807) is 43.1 Å². The van der Waals surface area contributed by atoms with E-state index in [2.05, 4.69) is 5.32 Å². The third-order valence-electron chi connectivity index (χ3n) is 4.97. The molecule has 3 aromatic rings. The number of halogens is 3. The Morgan fingerprint density at radius 1 is 1.09 bits per heavy atom. The van der Waals surface area contributed by atoms with Crippen LogP contribution in [0.15, 0.2) is 76.2 Å². The first-order valence-corrected chi connectivity index (χ1v) is 13.3. The maximum atomic E-state index is 13.3. The molecule has 188 valence electrons. The first-order chi connectivity index (χ1) is 16.6. The van der Waals surface area contributed by atoms with Crippen molar-refractivity contribution in [2.45, 2.75) is 30.2 Å². The van der Waals surface area contributed by atoms with Gasteiger partial charge in [-0.25, -0.2) is 8.42 Å². The van der Waals surface area contributed by atoms with E-state index in [0.29, 0.717) is 23.0 Å². The fourth-order valence-electron chi connectivity index (χ4n) is 3.15. The molecule has 6 nitrogen and oxygen atoms in total. The number of carbonyl (C=O) groups excluding carboxylic acids is 1. The van der Waals surface area contributed by atoms with Gasteiger partial charge in [0.25, 0.3) is 10.0 Å². The molecule has 0 aliphatic carbocycles. The first-order valence-electron chi connectivity index (χ1n) is 10.7. The van der Waals surface area contributed by atoms with E-state index in [1.807, 2.05) is 6.07 Å². The van der Waals surface area contributed by atoms with Gasteiger partial charge in [-0.2, -0.15) is 24.9 Å². The van der Waals surface area contributed by atoms with Gasteiger partial charge in [-0.15, -0.1) is 0 Å². The zero-order valence-corrected chi connectivity index (χ0v) is 20.5. The van der Waals surface area contributed by atoms with E-state index in [4.69, 9.17) is 4.42 Å². The summed E-state index contributed by atoms with van der Waals surface area (Å²) in [5, 5.41) is 2.65. The van der Waals surface area contributed by atoms with Crippen LogP contribution in [0.5, 0.6) is 0 Å². The van der Waals surface area contributed by atoms with Gasteiger partial charge in [-0.1, -0.05) is 23.8 Å². The molecule has 1 N–H and O–H groups in total. The number of hydrogen-bond acceptors (Lipinski definition) is 5. The van der Waals surface area contributed by atoms with Gasteiger partial charge in [0, 0.05) is 6.54 Å². The molecule has 0 radical (unpaired) electrons. The summed E-state index contributed by atoms with van der Waals surface area (Å²) in [6.45, 7) is 1.42. The number of amides is 1. The van der Waals surface area contributed by atoms with Crippen molar-refractivity contribution in [2.75, 3.05) is 23.1 Å². The summed E-state index contributed by atoms with van der Waals surface area (Å²) in [4.78, 5) is 12.5. The van der Waals surface area contributed by atoms with Gasteiger partial charge in [-0.05, 0) is 61.6 Å². The number of benzene rings is 2. The molecule has 0 spiro atoms. The molecule has 0 saturated carbocycles. The Morgan fingerprint density at radius 2 is 1.83 bits per heavy atom. The van der Waals surface area contributed by atoms with Crippen molar-refractivity contribution in [3.05, 3.63) is 83.8 Å². The summed E-state index contributed by atoms with van der Waals surface area (Å²) in [7, 11) is -4.30. The summed E-state index contributed by atoms with van der Waals surface area (Å²) in [6, 6.07) is 13.5. The lowest BCUT2D eigenvalue weighted by atomic mass is 10.2. The minimum Gasteiger partial charge on any atom is -0.468 e. The number of anilines is 1. The number of carbonyl (C=O) groups is 1. The van der Waals surface area contributed by atoms with Crippen molar-refractivity contribution < 1.29 is 30.8 Å². The van der Waals surface area contributed by atoms with E-state index in [1.165, 1.54) is 18.2 Å². The summed E-state index contributed by atoms with van der Waals surface area (Å²) in [6.07, 6.45) is -2.44. The molecule has 3 rings (SSSR count). The second-order valence-corrected chi connectivity index (χ2v) is 10.7. The number of alkyl halides is 3. The fourth-order valence-corrected chi connectivity index (χ4v) is 5.42. The summed E-state index contributed by atoms with van der Waals surface area (Å²) in [5.41, 5.74) is -0.435. The van der Waals surface area contributed by atoms with E-state index in [9.17, 15) is 26.4 Å². The van der Waals surface area contributed by atoms with Crippen LogP contribution in [0, 0.1) is 6.92 Å². The standard InChI is InChI=1S/C24H25F3N2O4S2/c1-18-8-10-22(11-9-18)35(31,32)29(20-6-2-5-19(15-20)24(25,26)27)16-23(30)28-12-4-14-34-17-21-7-3-13-33-21/h2-3,5-11,13,15H,4,12,14,16-17H2,1H3,(H,28,30). The number of sulfonamides is 1. The van der Waals surface area contributed by atoms with Crippen LogP contribution in [-0.4, -0.2) is 33.2 Å². The largest absolute Gasteiger partial charge is 0.468 e. The maximum absolute atomic E-state index is 13.3. The molecule has 0 aliphatic rings. The van der Waals surface area contributed by atoms with Crippen LogP contribution >= 0.6 is 11.8 Å². The van der Waals surface area contributed by atoms with Crippen LogP contribution in [0.2, 0.25) is 0 Å². The molecule has 2 aromatic carbocycles. The monoisotopic (exact) mass is 526 g/mol. The van der Waals surface area contributed by atoms with Gasteiger partial charge in [0.2, 0.25) is 5.91 Å². The Morgan fingerprint density at radius 3 is 2.49 bits per heavy atom. The minimum atomic E-state index is -4.66. The Bertz CT molecular complexity index is 1210. The molecule has 1 amide bonds. The maximum Gasteiger partial charge on any atom is 0.416 e. The van der Waals surface area contributed by atoms with E-state index in [0.717, 1.165) is 35.3 Å². The van der Waals surface area contributed by atoms with Crippen molar-refractivity contribution in [3.8, 4) is 0 Å². The minimum absolute atomic E-state index is 0.123. The lowest BCUT2D eigenvalue weighted by Crippen LogP contribution is -2.41. The SMILES string of the molecule is Cc1ccc(S(=O)(=O)N(CC(=O)NCCCSCc2ccco2)c2cccc(C(F)(F)F)c2)cc1. The first kappa shape index (κ1) is 26.7. The Balaban J connectivity index is 1.71. The molecule has 0 atom stereocenters. The molecule has 0 aliphatic heterocycles. The summed E-state index contributed by atoms with van der Waals surface area (Å²) in [5.74, 6) is 1.66. The van der Waals surface area contributed by atoms with Crippen LogP contribution in [-0.2, 0) is 26.7 Å². The van der Waals surface area contributed by atoms with Crippen LogP contribution in [0.4, 0.5) is 18.9 Å². The highest BCUT2D eigenvalue weighted by molar-refractivity contribution is 7.98. The van der Waals surface area contributed by atoms with Crippen LogP contribution < -0.4 is 9.62 Å². The highest BCUT2D eigenvalue weighted by atomic mass is 32.2. The average Bonchev–Trinajstić information content (AvgIpc) is 3.33. The van der Waals surface area contributed by atoms with Crippen molar-refractivity contribution in [1.29, 1.82) is 0 Å². The Hall–Kier alpha value is -2.92. The molecule has 1 aromatic heterocycles. The lowest BCUT2D eigenvalue weighted by Gasteiger charge is -2.25. The topological polar surface area (TPSA) is 79.6 Å². The molecule has 0 fully saturated rings. The van der Waals surface area contributed by atoms with Gasteiger partial charge in [0.1, 0.15) is 12.3 Å². The predicted molar refractivity (Wildman–Crippen MR) is 130 cm³/mol. The van der Waals surface area contributed by atoms with Crippen LogP contribution in [0.1, 0.15) is 23.3 Å². The molecule has 11 heteroatoms. The van der Waals surface area contributed by atoms with Gasteiger partial charge in [-0.3, -0.25) is 9.10 Å². The average molecular weight is 527 g/mol. The highest BCUT2D eigenvalue weighted by Gasteiger charge is 2.33. The smallest absolute Gasteiger partial charge is 0.416 e. The predicted octanol–water partition coefficient (Wildman–Crippen LogP) is 5.24. The number of nitrogens with zero attached hydrogens (tertiary/aromatic N) is 1. The third kappa shape index (κ3) is 7.53. The Labute approximate surface area is 206 Å². The second-order valence-electron chi connectivity index (χ2n) is 7.71. The zero-order valence-electron chi connectivity index (χ0n) is 18.9. The molecular weight excluding hydrogens is 501 g/mol. The van der Waals surface area contributed by atoms with Crippen molar-refractivity contribution in [3.63, 3.8) is 0 Å². The van der Waals surface area contributed by atoms with Gasteiger partial charge < -0.3 is 9.73 Å². The number of hydrogen-bond donors (Lipinski definition) is 1. The second kappa shape index (κ2) is 11.7. The molecule has 0 bridgehead atoms.